The number of rotatable bonds is 8. The number of carbonyl (C=O) groups is 1. The van der Waals surface area contributed by atoms with Gasteiger partial charge in [-0.2, -0.15) is 11.8 Å². The lowest BCUT2D eigenvalue weighted by Crippen LogP contribution is -2.28. The van der Waals surface area contributed by atoms with E-state index in [1.165, 1.54) is 11.1 Å². The van der Waals surface area contributed by atoms with Gasteiger partial charge < -0.3 is 5.32 Å². The first-order valence-electron chi connectivity index (χ1n) is 7.75. The molecule has 0 saturated heterocycles. The molecule has 0 bridgehead atoms. The first kappa shape index (κ1) is 16.6. The zero-order valence-corrected chi connectivity index (χ0v) is 13.8. The molecule has 0 aliphatic carbocycles. The third-order valence-corrected chi connectivity index (χ3v) is 4.56. The van der Waals surface area contributed by atoms with Gasteiger partial charge >= 0.3 is 0 Å². The molecule has 2 nitrogen and oxygen atoms in total. The van der Waals surface area contributed by atoms with Crippen LogP contribution in [0.25, 0.3) is 0 Å². The summed E-state index contributed by atoms with van der Waals surface area (Å²) in [6, 6.07) is 20.6. The van der Waals surface area contributed by atoms with Crippen LogP contribution in [-0.2, 0) is 10.5 Å². The van der Waals surface area contributed by atoms with Crippen molar-refractivity contribution in [3.8, 4) is 0 Å². The minimum absolute atomic E-state index is 0.118. The molecule has 3 heteroatoms. The molecule has 2 rings (SSSR count). The molecule has 22 heavy (non-hydrogen) atoms. The second kappa shape index (κ2) is 9.31. The summed E-state index contributed by atoms with van der Waals surface area (Å²) in [5, 5.41) is 3.13. The van der Waals surface area contributed by atoms with Gasteiger partial charge in [-0.05, 0) is 17.5 Å². The van der Waals surface area contributed by atoms with E-state index in [1.54, 1.807) is 11.8 Å². The normalized spacial score (nSPS) is 11.9. The van der Waals surface area contributed by atoms with Crippen LogP contribution in [-0.4, -0.2) is 11.7 Å². The number of hydrogen-bond acceptors (Lipinski definition) is 2. The summed E-state index contributed by atoms with van der Waals surface area (Å²) >= 11 is 1.80. The number of amides is 1. The topological polar surface area (TPSA) is 29.1 Å². The van der Waals surface area contributed by atoms with E-state index in [4.69, 9.17) is 0 Å². The van der Waals surface area contributed by atoms with Gasteiger partial charge in [0.05, 0.1) is 6.04 Å². The molecule has 0 radical (unpaired) electrons. The predicted octanol–water partition coefficient (Wildman–Crippen LogP) is 4.58. The van der Waals surface area contributed by atoms with E-state index in [0.717, 1.165) is 17.9 Å². The largest absolute Gasteiger partial charge is 0.349 e. The lowest BCUT2D eigenvalue weighted by Gasteiger charge is -2.17. The summed E-state index contributed by atoms with van der Waals surface area (Å²) < 4.78 is 0. The summed E-state index contributed by atoms with van der Waals surface area (Å²) in [7, 11) is 0. The molecule has 1 amide bonds. The molecular weight excluding hydrogens is 290 g/mol. The molecule has 0 heterocycles. The molecule has 0 aliphatic rings. The first-order chi connectivity index (χ1) is 10.8. The summed E-state index contributed by atoms with van der Waals surface area (Å²) in [6.45, 7) is 2.10. The Morgan fingerprint density at radius 3 is 2.32 bits per heavy atom. The van der Waals surface area contributed by atoms with Crippen molar-refractivity contribution < 1.29 is 4.79 Å². The number of nitrogens with one attached hydrogen (secondary N) is 1. The molecule has 1 N–H and O–H groups in total. The van der Waals surface area contributed by atoms with E-state index in [1.807, 2.05) is 36.4 Å². The van der Waals surface area contributed by atoms with Crippen LogP contribution in [0.3, 0.4) is 0 Å². The van der Waals surface area contributed by atoms with Crippen molar-refractivity contribution in [2.24, 2.45) is 0 Å². The van der Waals surface area contributed by atoms with Gasteiger partial charge in [0.25, 0.3) is 0 Å². The number of benzene rings is 2. The summed E-state index contributed by atoms with van der Waals surface area (Å²) in [6.07, 6.45) is 1.48. The van der Waals surface area contributed by atoms with Gasteiger partial charge in [-0.3, -0.25) is 4.79 Å². The van der Waals surface area contributed by atoms with Crippen molar-refractivity contribution in [1.29, 1.82) is 0 Å². The third kappa shape index (κ3) is 5.57. The molecular formula is C19H23NOS. The lowest BCUT2D eigenvalue weighted by molar-refractivity contribution is -0.121. The summed E-state index contributed by atoms with van der Waals surface area (Å²) in [5.74, 6) is 1.95. The third-order valence-electron chi connectivity index (χ3n) is 3.53. The van der Waals surface area contributed by atoms with Crippen molar-refractivity contribution >= 4 is 17.7 Å². The number of carbonyl (C=O) groups excluding carboxylic acids is 1. The Hall–Kier alpha value is -1.74. The Morgan fingerprint density at radius 2 is 1.68 bits per heavy atom. The van der Waals surface area contributed by atoms with Crippen LogP contribution < -0.4 is 5.32 Å². The van der Waals surface area contributed by atoms with Crippen molar-refractivity contribution in [1.82, 2.24) is 5.32 Å². The zero-order chi connectivity index (χ0) is 15.6. The van der Waals surface area contributed by atoms with Crippen molar-refractivity contribution in [2.75, 3.05) is 5.75 Å². The van der Waals surface area contributed by atoms with Gasteiger partial charge in [0.1, 0.15) is 0 Å². The molecule has 0 saturated carbocycles. The van der Waals surface area contributed by atoms with E-state index in [-0.39, 0.29) is 11.9 Å². The van der Waals surface area contributed by atoms with E-state index < -0.39 is 0 Å². The monoisotopic (exact) mass is 313 g/mol. The van der Waals surface area contributed by atoms with Crippen LogP contribution in [0.5, 0.6) is 0 Å². The van der Waals surface area contributed by atoms with Gasteiger partial charge in [-0.25, -0.2) is 0 Å². The minimum atomic E-state index is 0.118. The minimum Gasteiger partial charge on any atom is -0.349 e. The second-order valence-corrected chi connectivity index (χ2v) is 6.33. The Labute approximate surface area is 137 Å². The van der Waals surface area contributed by atoms with E-state index >= 15 is 0 Å². The van der Waals surface area contributed by atoms with Gasteiger partial charge in [0, 0.05) is 17.9 Å². The van der Waals surface area contributed by atoms with Crippen LogP contribution in [0.2, 0.25) is 0 Å². The average molecular weight is 313 g/mol. The van der Waals surface area contributed by atoms with Crippen LogP contribution in [0, 0.1) is 0 Å². The van der Waals surface area contributed by atoms with Gasteiger partial charge in [-0.15, -0.1) is 0 Å². The molecule has 2 aromatic carbocycles. The van der Waals surface area contributed by atoms with Crippen LogP contribution in [0.1, 0.15) is 36.9 Å². The molecule has 2 aromatic rings. The highest BCUT2D eigenvalue weighted by Crippen LogP contribution is 2.17. The van der Waals surface area contributed by atoms with Crippen molar-refractivity contribution in [3.05, 3.63) is 71.8 Å². The van der Waals surface area contributed by atoms with Gasteiger partial charge in [-0.1, -0.05) is 67.6 Å². The van der Waals surface area contributed by atoms with E-state index in [9.17, 15) is 4.79 Å². The Balaban J connectivity index is 1.71. The van der Waals surface area contributed by atoms with E-state index in [2.05, 4.69) is 36.5 Å². The summed E-state index contributed by atoms with van der Waals surface area (Å²) in [5.41, 5.74) is 2.49. The van der Waals surface area contributed by atoms with Crippen molar-refractivity contribution in [2.45, 2.75) is 31.6 Å². The fraction of sp³-hybridized carbons (Fsp3) is 0.316. The maximum absolute atomic E-state index is 12.1. The quantitative estimate of drug-likeness (QED) is 0.723. The van der Waals surface area contributed by atoms with Crippen LogP contribution >= 0.6 is 11.8 Å². The molecule has 0 aromatic heterocycles. The van der Waals surface area contributed by atoms with Gasteiger partial charge in [0.2, 0.25) is 5.91 Å². The highest BCUT2D eigenvalue weighted by molar-refractivity contribution is 7.98. The standard InChI is InChI=1S/C19H23NOS/c1-2-18(17-11-7-4-8-12-17)20-19(21)13-14-22-15-16-9-5-3-6-10-16/h3-12,18H,2,13-15H2,1H3,(H,20,21)/t18-/m0/s1. The number of thioether (sulfide) groups is 1. The van der Waals surface area contributed by atoms with Gasteiger partial charge in [0.15, 0.2) is 0 Å². The second-order valence-electron chi connectivity index (χ2n) is 5.23. The Bertz CT molecular complexity index is 556. The average Bonchev–Trinajstić information content (AvgIpc) is 2.58. The molecule has 0 spiro atoms. The molecule has 116 valence electrons. The van der Waals surface area contributed by atoms with Crippen molar-refractivity contribution in [3.63, 3.8) is 0 Å². The Kier molecular flexibility index (Phi) is 7.04. The molecule has 0 unspecified atom stereocenters. The first-order valence-corrected chi connectivity index (χ1v) is 8.91. The Morgan fingerprint density at radius 1 is 1.05 bits per heavy atom. The maximum Gasteiger partial charge on any atom is 0.221 e. The fourth-order valence-corrected chi connectivity index (χ4v) is 3.20. The van der Waals surface area contributed by atoms with Crippen LogP contribution in [0.4, 0.5) is 0 Å². The maximum atomic E-state index is 12.1. The molecule has 0 aliphatic heterocycles. The predicted molar refractivity (Wildman–Crippen MR) is 94.8 cm³/mol. The molecule has 1 atom stereocenters. The summed E-state index contributed by atoms with van der Waals surface area (Å²) in [4.78, 5) is 12.1. The highest BCUT2D eigenvalue weighted by Gasteiger charge is 2.11. The smallest absolute Gasteiger partial charge is 0.221 e. The lowest BCUT2D eigenvalue weighted by atomic mass is 10.0. The SMILES string of the molecule is CC[C@H](NC(=O)CCSCc1ccccc1)c1ccccc1. The molecule has 0 fully saturated rings. The fourth-order valence-electron chi connectivity index (χ4n) is 2.30. The van der Waals surface area contributed by atoms with Crippen LogP contribution in [0.15, 0.2) is 60.7 Å². The highest BCUT2D eigenvalue weighted by atomic mass is 32.2. The van der Waals surface area contributed by atoms with E-state index in [0.29, 0.717) is 6.42 Å². The number of hydrogen-bond donors (Lipinski definition) is 1. The zero-order valence-electron chi connectivity index (χ0n) is 13.0.